The lowest BCUT2D eigenvalue weighted by Gasteiger charge is -2.03. The monoisotopic (exact) mass is 252 g/mol. The highest BCUT2D eigenvalue weighted by Gasteiger charge is 2.08. The molecule has 0 saturated heterocycles. The highest BCUT2D eigenvalue weighted by atomic mass is 35.5. The molecule has 2 rings (SSSR count). The maximum absolute atomic E-state index is 12.5. The van der Waals surface area contributed by atoms with Crippen LogP contribution in [0.15, 0.2) is 30.7 Å². The molecule has 1 amide bonds. The average molecular weight is 253 g/mol. The van der Waals surface area contributed by atoms with E-state index in [1.54, 1.807) is 0 Å². The molecule has 0 aliphatic heterocycles. The molecule has 7 heteroatoms. The first kappa shape index (κ1) is 11.4. The molecule has 17 heavy (non-hydrogen) atoms. The molecule has 2 heterocycles. The lowest BCUT2D eigenvalue weighted by molar-refractivity contribution is 0.102. The van der Waals surface area contributed by atoms with Crippen LogP contribution in [0.25, 0.3) is 0 Å². The van der Waals surface area contributed by atoms with Gasteiger partial charge in [-0.15, -0.1) is 0 Å². The number of nitrogens with one attached hydrogen (secondary N) is 1. The third-order valence-corrected chi connectivity index (χ3v) is 2.03. The van der Waals surface area contributed by atoms with Gasteiger partial charge in [0.1, 0.15) is 10.8 Å². The predicted octanol–water partition coefficient (Wildman–Crippen LogP) is 1.92. The molecule has 5 nitrogen and oxygen atoms in total. The quantitative estimate of drug-likeness (QED) is 0.829. The van der Waals surface area contributed by atoms with Crippen LogP contribution in [0.4, 0.5) is 10.1 Å². The van der Waals surface area contributed by atoms with Gasteiger partial charge in [-0.25, -0.2) is 15.0 Å². The number of hydrogen-bond acceptors (Lipinski definition) is 4. The summed E-state index contributed by atoms with van der Waals surface area (Å²) in [5, 5.41) is 2.69. The number of amides is 1. The number of rotatable bonds is 2. The minimum Gasteiger partial charge on any atom is -0.319 e. The van der Waals surface area contributed by atoms with Gasteiger partial charge in [-0.3, -0.25) is 4.79 Å². The number of anilines is 1. The first-order chi connectivity index (χ1) is 8.15. The molecule has 0 aliphatic carbocycles. The summed E-state index contributed by atoms with van der Waals surface area (Å²) in [7, 11) is 0. The van der Waals surface area contributed by atoms with E-state index in [1.807, 2.05) is 0 Å². The molecular weight excluding hydrogens is 247 g/mol. The first-order valence-electron chi connectivity index (χ1n) is 4.55. The van der Waals surface area contributed by atoms with Gasteiger partial charge in [-0.05, 0) is 12.1 Å². The van der Waals surface area contributed by atoms with Crippen molar-refractivity contribution in [3.63, 3.8) is 0 Å². The standard InChI is InChI=1S/C10H6ClFN4O/c11-8-5-13-7(4-14-8)10(17)16-6-1-2-9(12)15-3-6/h1-5H,(H,16,17). The Morgan fingerprint density at radius 3 is 2.59 bits per heavy atom. The van der Waals surface area contributed by atoms with Crippen LogP contribution < -0.4 is 5.32 Å². The normalized spacial score (nSPS) is 10.0. The van der Waals surface area contributed by atoms with E-state index >= 15 is 0 Å². The van der Waals surface area contributed by atoms with Gasteiger partial charge in [0.2, 0.25) is 5.95 Å². The second-order valence-electron chi connectivity index (χ2n) is 3.05. The summed E-state index contributed by atoms with van der Waals surface area (Å²) < 4.78 is 12.5. The maximum atomic E-state index is 12.5. The Kier molecular flexibility index (Phi) is 3.24. The fourth-order valence-corrected chi connectivity index (χ4v) is 1.17. The van der Waals surface area contributed by atoms with Crippen LogP contribution in [-0.4, -0.2) is 20.9 Å². The van der Waals surface area contributed by atoms with Gasteiger partial charge in [0.25, 0.3) is 5.91 Å². The molecule has 2 aromatic heterocycles. The minimum atomic E-state index is -0.616. The van der Waals surface area contributed by atoms with Gasteiger partial charge in [0.05, 0.1) is 24.3 Å². The Labute approximate surface area is 101 Å². The van der Waals surface area contributed by atoms with Crippen LogP contribution >= 0.6 is 11.6 Å². The highest BCUT2D eigenvalue weighted by Crippen LogP contribution is 2.08. The van der Waals surface area contributed by atoms with E-state index in [4.69, 9.17) is 11.6 Å². The van der Waals surface area contributed by atoms with E-state index < -0.39 is 11.9 Å². The van der Waals surface area contributed by atoms with Gasteiger partial charge in [-0.2, -0.15) is 4.39 Å². The van der Waals surface area contributed by atoms with Gasteiger partial charge in [0.15, 0.2) is 0 Å². The third kappa shape index (κ3) is 2.94. The number of halogens is 2. The van der Waals surface area contributed by atoms with Crippen LogP contribution in [0, 0.1) is 5.95 Å². The van der Waals surface area contributed by atoms with E-state index in [-0.39, 0.29) is 10.8 Å². The molecule has 0 saturated carbocycles. The highest BCUT2D eigenvalue weighted by molar-refractivity contribution is 6.29. The van der Waals surface area contributed by atoms with Crippen LogP contribution in [0.2, 0.25) is 5.15 Å². The number of nitrogens with zero attached hydrogens (tertiary/aromatic N) is 3. The van der Waals surface area contributed by atoms with Crippen molar-refractivity contribution in [2.45, 2.75) is 0 Å². The van der Waals surface area contributed by atoms with Crippen molar-refractivity contribution in [2.24, 2.45) is 0 Å². The molecule has 0 radical (unpaired) electrons. The van der Waals surface area contributed by atoms with Gasteiger partial charge >= 0.3 is 0 Å². The molecule has 1 N–H and O–H groups in total. The molecule has 0 aliphatic rings. The summed E-state index contributed by atoms with van der Waals surface area (Å²) in [5.41, 5.74) is 0.479. The smallest absolute Gasteiger partial charge is 0.275 e. The van der Waals surface area contributed by atoms with Crippen molar-refractivity contribution in [1.29, 1.82) is 0 Å². The zero-order chi connectivity index (χ0) is 12.3. The summed E-state index contributed by atoms with van der Waals surface area (Å²) in [4.78, 5) is 22.5. The SMILES string of the molecule is O=C(Nc1ccc(F)nc1)c1cnc(Cl)cn1. The lowest BCUT2D eigenvalue weighted by Crippen LogP contribution is -2.14. The maximum Gasteiger partial charge on any atom is 0.275 e. The number of carbonyl (C=O) groups excluding carboxylic acids is 1. The molecule has 0 spiro atoms. The summed E-state index contributed by atoms with van der Waals surface area (Å²) in [6.07, 6.45) is 3.71. The fraction of sp³-hybridized carbons (Fsp3) is 0. The lowest BCUT2D eigenvalue weighted by atomic mass is 10.3. The van der Waals surface area contributed by atoms with E-state index in [1.165, 1.54) is 24.7 Å². The van der Waals surface area contributed by atoms with Crippen molar-refractivity contribution >= 4 is 23.2 Å². The molecule has 0 bridgehead atoms. The van der Waals surface area contributed by atoms with Crippen LogP contribution in [0.1, 0.15) is 10.5 Å². The minimum absolute atomic E-state index is 0.110. The predicted molar refractivity (Wildman–Crippen MR) is 59.2 cm³/mol. The van der Waals surface area contributed by atoms with Crippen molar-refractivity contribution in [2.75, 3.05) is 5.32 Å². The second kappa shape index (κ2) is 4.84. The second-order valence-corrected chi connectivity index (χ2v) is 3.44. The summed E-state index contributed by atoms with van der Waals surface area (Å²) >= 11 is 5.54. The summed E-state index contributed by atoms with van der Waals surface area (Å²) in [6, 6.07) is 2.53. The number of aromatic nitrogens is 3. The zero-order valence-electron chi connectivity index (χ0n) is 8.39. The van der Waals surface area contributed by atoms with Crippen molar-refractivity contribution in [3.05, 3.63) is 47.5 Å². The fourth-order valence-electron chi connectivity index (χ4n) is 1.07. The summed E-state index contributed by atoms with van der Waals surface area (Å²) in [5.74, 6) is -1.09. The van der Waals surface area contributed by atoms with Crippen LogP contribution in [0.3, 0.4) is 0 Å². The Hall–Kier alpha value is -2.08. The van der Waals surface area contributed by atoms with Gasteiger partial charge in [-0.1, -0.05) is 11.6 Å². The van der Waals surface area contributed by atoms with Gasteiger partial charge < -0.3 is 5.32 Å². The number of carbonyl (C=O) groups is 1. The Morgan fingerprint density at radius 1 is 1.18 bits per heavy atom. The van der Waals surface area contributed by atoms with Crippen LogP contribution in [-0.2, 0) is 0 Å². The Bertz CT molecular complexity index is 529. The average Bonchev–Trinajstić information content (AvgIpc) is 2.33. The largest absolute Gasteiger partial charge is 0.319 e. The van der Waals surface area contributed by atoms with Crippen LogP contribution in [0.5, 0.6) is 0 Å². The molecule has 0 aromatic carbocycles. The topological polar surface area (TPSA) is 67.8 Å². The molecule has 0 atom stereocenters. The molecule has 2 aromatic rings. The number of hydrogen-bond donors (Lipinski definition) is 1. The molecule has 86 valence electrons. The third-order valence-electron chi connectivity index (χ3n) is 1.84. The van der Waals surface area contributed by atoms with Crippen molar-refractivity contribution in [3.8, 4) is 0 Å². The zero-order valence-corrected chi connectivity index (χ0v) is 9.15. The Balaban J connectivity index is 2.11. The van der Waals surface area contributed by atoms with E-state index in [0.29, 0.717) is 5.69 Å². The van der Waals surface area contributed by atoms with E-state index in [9.17, 15) is 9.18 Å². The molecular formula is C10H6ClFN4O. The number of pyridine rings is 1. The van der Waals surface area contributed by atoms with E-state index in [0.717, 1.165) is 6.07 Å². The molecule has 0 fully saturated rings. The van der Waals surface area contributed by atoms with Crippen molar-refractivity contribution in [1.82, 2.24) is 15.0 Å². The molecule has 0 unspecified atom stereocenters. The first-order valence-corrected chi connectivity index (χ1v) is 4.93. The summed E-state index contributed by atoms with van der Waals surface area (Å²) in [6.45, 7) is 0. The van der Waals surface area contributed by atoms with E-state index in [2.05, 4.69) is 20.3 Å². The Morgan fingerprint density at radius 2 is 2.00 bits per heavy atom. The van der Waals surface area contributed by atoms with Crippen molar-refractivity contribution < 1.29 is 9.18 Å². The van der Waals surface area contributed by atoms with Gasteiger partial charge in [0, 0.05) is 0 Å².